The van der Waals surface area contributed by atoms with Gasteiger partial charge < -0.3 is 15.4 Å². The second-order valence-electron chi connectivity index (χ2n) is 8.63. The number of rotatable bonds is 6. The molecule has 0 spiro atoms. The SMILES string of the molecule is CCNC(=NCC1CCOc2ccccc21)NC1CCN(C(C)c2ccccc2)CC1.I. The van der Waals surface area contributed by atoms with Crippen LogP contribution in [0, 0.1) is 0 Å². The monoisotopic (exact) mass is 548 g/mol. The van der Waals surface area contributed by atoms with Gasteiger partial charge in [-0.1, -0.05) is 48.5 Å². The van der Waals surface area contributed by atoms with Crippen LogP contribution in [0.5, 0.6) is 5.75 Å². The smallest absolute Gasteiger partial charge is 0.191 e. The molecule has 2 atom stereocenters. The average molecular weight is 549 g/mol. The zero-order valence-corrected chi connectivity index (χ0v) is 21.6. The fourth-order valence-corrected chi connectivity index (χ4v) is 4.69. The Bertz CT molecular complexity index is 852. The molecular formula is C26H37IN4O. The third-order valence-electron chi connectivity index (χ3n) is 6.60. The number of nitrogens with zero attached hydrogens (tertiary/aromatic N) is 2. The van der Waals surface area contributed by atoms with Gasteiger partial charge in [0.15, 0.2) is 5.96 Å². The van der Waals surface area contributed by atoms with E-state index in [0.29, 0.717) is 18.0 Å². The normalized spacial score (nSPS) is 20.4. The average Bonchev–Trinajstić information content (AvgIpc) is 2.83. The van der Waals surface area contributed by atoms with E-state index in [0.717, 1.165) is 63.8 Å². The molecule has 1 saturated heterocycles. The van der Waals surface area contributed by atoms with Crippen LogP contribution in [0.4, 0.5) is 0 Å². The van der Waals surface area contributed by atoms with E-state index in [-0.39, 0.29) is 24.0 Å². The van der Waals surface area contributed by atoms with Crippen LogP contribution in [0.25, 0.3) is 0 Å². The van der Waals surface area contributed by atoms with Gasteiger partial charge in [-0.05, 0) is 50.3 Å². The lowest BCUT2D eigenvalue weighted by Crippen LogP contribution is -2.49. The van der Waals surface area contributed by atoms with Gasteiger partial charge in [0.1, 0.15) is 5.75 Å². The predicted octanol–water partition coefficient (Wildman–Crippen LogP) is 4.95. The van der Waals surface area contributed by atoms with E-state index in [2.05, 4.69) is 77.9 Å². The van der Waals surface area contributed by atoms with Crippen molar-refractivity contribution in [3.05, 3.63) is 65.7 Å². The maximum absolute atomic E-state index is 5.81. The Morgan fingerprint density at radius 1 is 1.06 bits per heavy atom. The molecule has 2 heterocycles. The van der Waals surface area contributed by atoms with Gasteiger partial charge in [-0.15, -0.1) is 24.0 Å². The Morgan fingerprint density at radius 2 is 1.78 bits per heavy atom. The zero-order chi connectivity index (χ0) is 21.5. The van der Waals surface area contributed by atoms with Crippen molar-refractivity contribution in [1.29, 1.82) is 0 Å². The van der Waals surface area contributed by atoms with E-state index >= 15 is 0 Å². The quantitative estimate of drug-likeness (QED) is 0.305. The number of fused-ring (bicyclic) bond motifs is 1. The van der Waals surface area contributed by atoms with E-state index in [9.17, 15) is 0 Å². The first kappa shape index (κ1) is 24.8. The Morgan fingerprint density at radius 3 is 2.53 bits per heavy atom. The van der Waals surface area contributed by atoms with Crippen molar-refractivity contribution in [1.82, 2.24) is 15.5 Å². The second-order valence-corrected chi connectivity index (χ2v) is 8.63. The number of halogens is 1. The highest BCUT2D eigenvalue weighted by atomic mass is 127. The molecule has 2 unspecified atom stereocenters. The minimum absolute atomic E-state index is 0. The molecule has 32 heavy (non-hydrogen) atoms. The van der Waals surface area contributed by atoms with E-state index in [1.165, 1.54) is 11.1 Å². The van der Waals surface area contributed by atoms with Gasteiger partial charge in [-0.25, -0.2) is 0 Å². The summed E-state index contributed by atoms with van der Waals surface area (Å²) in [5, 5.41) is 7.15. The van der Waals surface area contributed by atoms with Crippen LogP contribution >= 0.6 is 24.0 Å². The molecular weight excluding hydrogens is 511 g/mol. The molecule has 2 N–H and O–H groups in total. The van der Waals surface area contributed by atoms with Crippen LogP contribution in [-0.4, -0.2) is 49.7 Å². The molecule has 0 aromatic heterocycles. The molecule has 0 saturated carbocycles. The Kier molecular flexibility index (Phi) is 9.66. The molecule has 2 aromatic carbocycles. The topological polar surface area (TPSA) is 48.9 Å². The second kappa shape index (κ2) is 12.4. The van der Waals surface area contributed by atoms with Crippen molar-refractivity contribution < 1.29 is 4.74 Å². The van der Waals surface area contributed by atoms with Crippen LogP contribution in [0.15, 0.2) is 59.6 Å². The number of benzene rings is 2. The van der Waals surface area contributed by atoms with Crippen molar-refractivity contribution in [3.63, 3.8) is 0 Å². The Labute approximate surface area is 210 Å². The van der Waals surface area contributed by atoms with E-state index in [1.807, 2.05) is 6.07 Å². The largest absolute Gasteiger partial charge is 0.493 e. The van der Waals surface area contributed by atoms with Crippen molar-refractivity contribution in [2.45, 2.75) is 51.1 Å². The first-order valence-electron chi connectivity index (χ1n) is 11.8. The van der Waals surface area contributed by atoms with Crippen LogP contribution in [0.3, 0.4) is 0 Å². The van der Waals surface area contributed by atoms with Crippen LogP contribution in [0.1, 0.15) is 56.2 Å². The molecule has 174 valence electrons. The number of likely N-dealkylation sites (tertiary alicyclic amines) is 1. The number of ether oxygens (including phenoxy) is 1. The highest BCUT2D eigenvalue weighted by molar-refractivity contribution is 14.0. The van der Waals surface area contributed by atoms with Gasteiger partial charge in [0.25, 0.3) is 0 Å². The fraction of sp³-hybridized carbons (Fsp3) is 0.500. The first-order valence-corrected chi connectivity index (χ1v) is 11.8. The highest BCUT2D eigenvalue weighted by Gasteiger charge is 2.25. The lowest BCUT2D eigenvalue weighted by Gasteiger charge is -2.37. The van der Waals surface area contributed by atoms with Gasteiger partial charge >= 0.3 is 0 Å². The molecule has 2 aromatic rings. The molecule has 6 heteroatoms. The molecule has 2 aliphatic rings. The summed E-state index contributed by atoms with van der Waals surface area (Å²) in [7, 11) is 0. The first-order chi connectivity index (χ1) is 15.2. The maximum atomic E-state index is 5.81. The lowest BCUT2D eigenvalue weighted by atomic mass is 9.93. The van der Waals surface area contributed by atoms with Crippen molar-refractivity contribution in [3.8, 4) is 5.75 Å². The van der Waals surface area contributed by atoms with Crippen molar-refractivity contribution >= 4 is 29.9 Å². The number of hydrogen-bond acceptors (Lipinski definition) is 3. The predicted molar refractivity (Wildman–Crippen MR) is 143 cm³/mol. The third kappa shape index (κ3) is 6.38. The van der Waals surface area contributed by atoms with Crippen LogP contribution < -0.4 is 15.4 Å². The fourth-order valence-electron chi connectivity index (χ4n) is 4.69. The maximum Gasteiger partial charge on any atom is 0.191 e. The Balaban J connectivity index is 0.00000289. The molecule has 0 bridgehead atoms. The lowest BCUT2D eigenvalue weighted by molar-refractivity contribution is 0.158. The minimum atomic E-state index is 0. The molecule has 5 nitrogen and oxygen atoms in total. The van der Waals surface area contributed by atoms with Crippen LogP contribution in [0.2, 0.25) is 0 Å². The van der Waals surface area contributed by atoms with E-state index in [4.69, 9.17) is 9.73 Å². The highest BCUT2D eigenvalue weighted by Crippen LogP contribution is 2.33. The molecule has 2 aliphatic heterocycles. The van der Waals surface area contributed by atoms with Gasteiger partial charge in [0.2, 0.25) is 0 Å². The molecule has 0 radical (unpaired) electrons. The summed E-state index contributed by atoms with van der Waals surface area (Å²) >= 11 is 0. The zero-order valence-electron chi connectivity index (χ0n) is 19.3. The molecule has 0 amide bonds. The molecule has 4 rings (SSSR count). The number of piperidine rings is 1. The standard InChI is InChI=1S/C26H36N4O.HI/c1-3-27-26(28-19-22-15-18-31-25-12-8-7-11-24(22)25)29-23-13-16-30(17-14-23)20(2)21-9-5-4-6-10-21;/h4-12,20,22-23H,3,13-19H2,1-2H3,(H2,27,28,29);1H. The summed E-state index contributed by atoms with van der Waals surface area (Å²) in [5.74, 6) is 2.39. The van der Waals surface area contributed by atoms with Gasteiger partial charge in [-0.3, -0.25) is 9.89 Å². The summed E-state index contributed by atoms with van der Waals surface area (Å²) in [6.07, 6.45) is 3.30. The van der Waals surface area contributed by atoms with Gasteiger partial charge in [-0.2, -0.15) is 0 Å². The van der Waals surface area contributed by atoms with Crippen LogP contribution in [-0.2, 0) is 0 Å². The number of guanidine groups is 1. The van der Waals surface area contributed by atoms with Gasteiger partial charge in [0, 0.05) is 44.2 Å². The summed E-state index contributed by atoms with van der Waals surface area (Å²) < 4.78 is 5.81. The number of nitrogens with one attached hydrogen (secondary N) is 2. The minimum Gasteiger partial charge on any atom is -0.493 e. The molecule has 0 aliphatic carbocycles. The molecule has 1 fully saturated rings. The summed E-state index contributed by atoms with van der Waals surface area (Å²) in [5.41, 5.74) is 2.69. The number of hydrogen-bond donors (Lipinski definition) is 2. The summed E-state index contributed by atoms with van der Waals surface area (Å²) in [6.45, 7) is 9.12. The third-order valence-corrected chi connectivity index (χ3v) is 6.60. The Hall–Kier alpha value is -1.80. The van der Waals surface area contributed by atoms with Crippen molar-refractivity contribution in [2.24, 2.45) is 4.99 Å². The van der Waals surface area contributed by atoms with E-state index in [1.54, 1.807) is 0 Å². The summed E-state index contributed by atoms with van der Waals surface area (Å²) in [6, 6.07) is 20.2. The van der Waals surface area contributed by atoms with E-state index < -0.39 is 0 Å². The van der Waals surface area contributed by atoms with Crippen molar-refractivity contribution in [2.75, 3.05) is 32.8 Å². The summed E-state index contributed by atoms with van der Waals surface area (Å²) in [4.78, 5) is 7.55. The van der Waals surface area contributed by atoms with Gasteiger partial charge in [0.05, 0.1) is 6.61 Å². The number of para-hydroxylation sites is 1. The number of aliphatic imine (C=N–C) groups is 1.